The molecule has 1 aromatic heterocycles. The molecule has 0 radical (unpaired) electrons. The third-order valence-corrected chi connectivity index (χ3v) is 7.58. The summed E-state index contributed by atoms with van der Waals surface area (Å²) in [4.78, 5) is 3.79. The number of aliphatic hydroxyl groups excluding tert-OH is 1. The van der Waals surface area contributed by atoms with Crippen molar-refractivity contribution in [3.8, 4) is 0 Å². The van der Waals surface area contributed by atoms with Gasteiger partial charge < -0.3 is 20.5 Å². The van der Waals surface area contributed by atoms with E-state index in [1.54, 1.807) is 0 Å². The van der Waals surface area contributed by atoms with Gasteiger partial charge in [0.15, 0.2) is 11.6 Å². The first-order valence-electron chi connectivity index (χ1n) is 11.9. The van der Waals surface area contributed by atoms with E-state index in [1.165, 1.54) is 6.07 Å². The number of halogens is 3. The van der Waals surface area contributed by atoms with Crippen LogP contribution in [0.4, 0.5) is 30.4 Å². The molecule has 196 valence electrons. The maximum Gasteiger partial charge on any atom is 0.416 e. The number of hydrogen-bond acceptors (Lipinski definition) is 7. The van der Waals surface area contributed by atoms with Crippen LogP contribution in [0, 0.1) is 6.92 Å². The van der Waals surface area contributed by atoms with Crippen LogP contribution in [0.3, 0.4) is 0 Å². The molecule has 1 aromatic carbocycles. The highest BCUT2D eigenvalue weighted by Gasteiger charge is 2.39. The zero-order valence-corrected chi connectivity index (χ0v) is 22.0. The zero-order chi connectivity index (χ0) is 26.1. The van der Waals surface area contributed by atoms with Gasteiger partial charge in [-0.3, -0.25) is 14.9 Å². The van der Waals surface area contributed by atoms with E-state index in [-0.39, 0.29) is 13.2 Å². The molecule has 0 amide bonds. The molecule has 0 atom stereocenters. The Balaban J connectivity index is 1.75. The van der Waals surface area contributed by atoms with Gasteiger partial charge in [0, 0.05) is 45.8 Å². The Morgan fingerprint density at radius 1 is 1.19 bits per heavy atom. The number of aliphatic hydroxyl groups is 1. The molecular weight excluding hydrogens is 489 g/mol. The Labute approximate surface area is 209 Å². The molecule has 0 unspecified atom stereocenters. The second-order valence-electron chi connectivity index (χ2n) is 10.2. The van der Waals surface area contributed by atoms with E-state index in [1.807, 2.05) is 29.0 Å². The number of alkyl halides is 3. The fourth-order valence-corrected chi connectivity index (χ4v) is 4.74. The van der Waals surface area contributed by atoms with Crippen molar-refractivity contribution in [3.05, 3.63) is 59.1 Å². The van der Waals surface area contributed by atoms with Crippen LogP contribution in [0.2, 0.25) is 25.7 Å². The van der Waals surface area contributed by atoms with Gasteiger partial charge in [0.1, 0.15) is 5.82 Å². The number of rotatable bonds is 10. The van der Waals surface area contributed by atoms with Gasteiger partial charge in [-0.25, -0.2) is 0 Å². The molecule has 0 saturated heterocycles. The van der Waals surface area contributed by atoms with E-state index in [0.29, 0.717) is 48.4 Å². The number of hydrogen-bond donors (Lipinski definition) is 4. The molecule has 3 heterocycles. The fraction of sp³-hybridized carbons (Fsp3) is 0.458. The molecule has 2 aromatic rings. The number of benzene rings is 1. The molecular formula is C24H33F3N6O2Si. The second-order valence-corrected chi connectivity index (χ2v) is 15.8. The monoisotopic (exact) mass is 522 g/mol. The summed E-state index contributed by atoms with van der Waals surface area (Å²) in [5, 5.41) is 23.0. The lowest BCUT2D eigenvalue weighted by atomic mass is 10.1. The van der Waals surface area contributed by atoms with E-state index in [2.05, 4.69) is 40.5 Å². The van der Waals surface area contributed by atoms with E-state index in [9.17, 15) is 18.3 Å². The summed E-state index contributed by atoms with van der Waals surface area (Å²) in [6, 6.07) is 6.58. The van der Waals surface area contributed by atoms with Gasteiger partial charge in [-0.15, -0.1) is 0 Å². The Hall–Kier alpha value is -2.96. The molecule has 4 rings (SSSR count). The van der Waals surface area contributed by atoms with Crippen LogP contribution in [0.15, 0.2) is 47.8 Å². The van der Waals surface area contributed by atoms with E-state index in [0.717, 1.165) is 29.6 Å². The summed E-state index contributed by atoms with van der Waals surface area (Å²) in [7, 11) is -1.28. The number of H-pyrrole nitrogens is 1. The molecule has 0 spiro atoms. The molecule has 36 heavy (non-hydrogen) atoms. The van der Waals surface area contributed by atoms with E-state index in [4.69, 9.17) is 4.74 Å². The minimum absolute atomic E-state index is 0.00909. The normalized spacial score (nSPS) is 15.6. The van der Waals surface area contributed by atoms with Crippen LogP contribution >= 0.6 is 0 Å². The Morgan fingerprint density at radius 2 is 1.97 bits per heavy atom. The summed E-state index contributed by atoms with van der Waals surface area (Å²) < 4.78 is 46.5. The summed E-state index contributed by atoms with van der Waals surface area (Å²) in [5.74, 6) is 1.84. The Kier molecular flexibility index (Phi) is 7.39. The molecule has 2 aliphatic heterocycles. The SMILES string of the molecule is Cc1cc(N2C=C(COCC[Si](C)(C)C)N3C2=C(NCCCO)Nc2cc(C(F)(F)F)ccc23)n[nH]1. The van der Waals surface area contributed by atoms with Crippen molar-refractivity contribution < 1.29 is 23.0 Å². The number of aromatic amines is 1. The molecule has 12 heteroatoms. The molecule has 0 aliphatic carbocycles. The number of aryl methyl sites for hydroxylation is 1. The smallest absolute Gasteiger partial charge is 0.396 e. The first-order valence-corrected chi connectivity index (χ1v) is 15.7. The van der Waals surface area contributed by atoms with Crippen LogP contribution < -0.4 is 20.4 Å². The molecule has 0 saturated carbocycles. The van der Waals surface area contributed by atoms with Crippen molar-refractivity contribution in [2.45, 2.75) is 45.2 Å². The molecule has 0 fully saturated rings. The quantitative estimate of drug-likeness (QED) is 0.264. The van der Waals surface area contributed by atoms with Crippen LogP contribution in [0.5, 0.6) is 0 Å². The van der Waals surface area contributed by atoms with Gasteiger partial charge in [0.25, 0.3) is 0 Å². The van der Waals surface area contributed by atoms with Gasteiger partial charge in [0.05, 0.1) is 29.2 Å². The number of aromatic nitrogens is 2. The van der Waals surface area contributed by atoms with Crippen LogP contribution in [0.1, 0.15) is 17.7 Å². The number of ether oxygens (including phenoxy) is 1. The van der Waals surface area contributed by atoms with Gasteiger partial charge >= 0.3 is 6.18 Å². The lowest BCUT2D eigenvalue weighted by Crippen LogP contribution is -2.38. The maximum absolute atomic E-state index is 13.5. The summed E-state index contributed by atoms with van der Waals surface area (Å²) in [5.41, 5.74) is 1.83. The number of nitrogens with one attached hydrogen (secondary N) is 3. The zero-order valence-electron chi connectivity index (χ0n) is 21.0. The van der Waals surface area contributed by atoms with Crippen LogP contribution in [-0.2, 0) is 10.9 Å². The Bertz CT molecular complexity index is 1160. The standard InChI is InChI=1S/C24H33F3N6O2Si/c1-16-12-21(31-30-16)32-14-18(15-35-10-11-36(2,3)4)33-20-7-6-17(24(25,26)27)13-19(20)29-22(23(32)33)28-8-5-9-34/h6-7,12-14,28-29,34H,5,8-11,15H2,1-4H3,(H,30,31). The number of anilines is 3. The highest BCUT2D eigenvalue weighted by molar-refractivity contribution is 6.76. The van der Waals surface area contributed by atoms with Crippen molar-refractivity contribution in [1.82, 2.24) is 15.5 Å². The maximum atomic E-state index is 13.5. The number of nitrogens with zero attached hydrogens (tertiary/aromatic N) is 3. The lowest BCUT2D eigenvalue weighted by Gasteiger charge is -2.35. The van der Waals surface area contributed by atoms with E-state index >= 15 is 0 Å². The highest BCUT2D eigenvalue weighted by Crippen LogP contribution is 2.45. The molecule has 8 nitrogen and oxygen atoms in total. The fourth-order valence-electron chi connectivity index (χ4n) is 3.99. The van der Waals surface area contributed by atoms with Gasteiger partial charge in [-0.05, 0) is 37.6 Å². The van der Waals surface area contributed by atoms with Gasteiger partial charge in [-0.1, -0.05) is 19.6 Å². The molecule has 0 bridgehead atoms. The van der Waals surface area contributed by atoms with Crippen molar-refractivity contribution in [3.63, 3.8) is 0 Å². The predicted octanol–water partition coefficient (Wildman–Crippen LogP) is 4.78. The summed E-state index contributed by atoms with van der Waals surface area (Å²) >= 11 is 0. The number of fused-ring (bicyclic) bond motifs is 3. The van der Waals surface area contributed by atoms with E-state index < -0.39 is 19.8 Å². The van der Waals surface area contributed by atoms with Crippen molar-refractivity contribution in [2.75, 3.05) is 41.5 Å². The summed E-state index contributed by atoms with van der Waals surface area (Å²) in [6.45, 7) is 10.1. The molecule has 2 aliphatic rings. The van der Waals surface area contributed by atoms with Crippen LogP contribution in [0.25, 0.3) is 0 Å². The van der Waals surface area contributed by atoms with Crippen molar-refractivity contribution in [2.24, 2.45) is 0 Å². The van der Waals surface area contributed by atoms with Crippen molar-refractivity contribution in [1.29, 1.82) is 0 Å². The lowest BCUT2D eigenvalue weighted by molar-refractivity contribution is -0.137. The second kappa shape index (κ2) is 10.2. The first kappa shape index (κ1) is 26.1. The molecule has 4 N–H and O–H groups in total. The minimum atomic E-state index is -4.46. The predicted molar refractivity (Wildman–Crippen MR) is 137 cm³/mol. The average Bonchev–Trinajstić information content (AvgIpc) is 3.39. The largest absolute Gasteiger partial charge is 0.416 e. The third kappa shape index (κ3) is 5.71. The topological polar surface area (TPSA) is 88.7 Å². The van der Waals surface area contributed by atoms with Crippen molar-refractivity contribution >= 4 is 25.3 Å². The summed E-state index contributed by atoms with van der Waals surface area (Å²) in [6.07, 6.45) is -2.08. The van der Waals surface area contributed by atoms with Gasteiger partial charge in [0.2, 0.25) is 0 Å². The highest BCUT2D eigenvalue weighted by atomic mass is 28.3. The third-order valence-electron chi connectivity index (χ3n) is 5.88. The minimum Gasteiger partial charge on any atom is -0.396 e. The first-order chi connectivity index (χ1) is 17.0. The average molecular weight is 523 g/mol. The van der Waals surface area contributed by atoms with Gasteiger partial charge in [-0.2, -0.15) is 18.3 Å². The Morgan fingerprint density at radius 3 is 2.61 bits per heavy atom. The van der Waals surface area contributed by atoms with Crippen LogP contribution in [-0.4, -0.2) is 49.7 Å².